The van der Waals surface area contributed by atoms with Crippen molar-refractivity contribution in [1.29, 1.82) is 0 Å². The van der Waals surface area contributed by atoms with Crippen LogP contribution in [0.3, 0.4) is 0 Å². The first kappa shape index (κ1) is 61.4. The Labute approximate surface area is 394 Å². The summed E-state index contributed by atoms with van der Waals surface area (Å²) in [5.41, 5.74) is 0. The highest BCUT2D eigenvalue weighted by Gasteiger charge is 2.16. The van der Waals surface area contributed by atoms with E-state index in [9.17, 15) is 14.7 Å². The van der Waals surface area contributed by atoms with Crippen molar-refractivity contribution >= 4 is 11.9 Å². The van der Waals surface area contributed by atoms with E-state index in [1.54, 1.807) is 0 Å². The van der Waals surface area contributed by atoms with Gasteiger partial charge in [-0.1, -0.05) is 263 Å². The number of ether oxygens (including phenoxy) is 2. The highest BCUT2D eigenvalue weighted by atomic mass is 16.6. The fourth-order valence-corrected chi connectivity index (χ4v) is 8.67. The molecule has 0 aromatic heterocycles. The molecule has 0 amide bonds. The first-order valence-corrected chi connectivity index (χ1v) is 28.4. The second-order valence-electron chi connectivity index (χ2n) is 19.4. The van der Waals surface area contributed by atoms with Gasteiger partial charge in [0.2, 0.25) is 0 Å². The normalized spacial score (nSPS) is 12.2. The summed E-state index contributed by atoms with van der Waals surface area (Å²) in [6.07, 6.45) is 69.0. The number of esters is 2. The van der Waals surface area contributed by atoms with Crippen LogP contribution in [0.25, 0.3) is 0 Å². The van der Waals surface area contributed by atoms with Gasteiger partial charge in [-0.3, -0.25) is 9.59 Å². The third kappa shape index (κ3) is 52.9. The average Bonchev–Trinajstić information content (AvgIpc) is 3.29. The standard InChI is InChI=1S/C58H110O5/c1-3-5-7-9-11-13-15-17-18-19-20-21-22-23-24-25-26-27-28-29-30-31-32-33-34-35-36-37-38-39-40-41-43-45-47-49-51-53-58(61)63-56(54-59)55-62-57(60)52-50-48-46-44-42-16-14-12-10-8-6-4-2/h12,14,19-20,56,59H,3-11,13,15-18,21-55H2,1-2H3/b14-12-,20-19-. The van der Waals surface area contributed by atoms with Gasteiger partial charge in [0.1, 0.15) is 6.61 Å². The predicted molar refractivity (Wildman–Crippen MR) is 275 cm³/mol. The molecule has 0 rings (SSSR count). The molecule has 0 aliphatic rings. The van der Waals surface area contributed by atoms with E-state index in [1.807, 2.05) is 0 Å². The maximum atomic E-state index is 12.3. The Morgan fingerprint density at radius 1 is 0.349 bits per heavy atom. The van der Waals surface area contributed by atoms with Crippen molar-refractivity contribution in [3.05, 3.63) is 24.3 Å². The first-order chi connectivity index (χ1) is 31.1. The zero-order valence-corrected chi connectivity index (χ0v) is 42.6. The molecule has 0 spiro atoms. The maximum absolute atomic E-state index is 12.3. The lowest BCUT2D eigenvalue weighted by Crippen LogP contribution is -2.28. The van der Waals surface area contributed by atoms with E-state index in [0.717, 1.165) is 44.9 Å². The van der Waals surface area contributed by atoms with E-state index in [2.05, 4.69) is 38.2 Å². The number of carbonyl (C=O) groups excluding carboxylic acids is 2. The van der Waals surface area contributed by atoms with E-state index < -0.39 is 6.10 Å². The van der Waals surface area contributed by atoms with Crippen molar-refractivity contribution in [2.24, 2.45) is 0 Å². The Bertz CT molecular complexity index is 959. The fraction of sp³-hybridized carbons (Fsp3) is 0.897. The van der Waals surface area contributed by atoms with Gasteiger partial charge in [0.15, 0.2) is 6.10 Å². The molecule has 0 fully saturated rings. The zero-order chi connectivity index (χ0) is 45.6. The average molecular weight is 888 g/mol. The number of carbonyl (C=O) groups is 2. The van der Waals surface area contributed by atoms with Crippen LogP contribution in [0, 0.1) is 0 Å². The lowest BCUT2D eigenvalue weighted by Gasteiger charge is -2.15. The van der Waals surface area contributed by atoms with E-state index >= 15 is 0 Å². The van der Waals surface area contributed by atoms with Crippen molar-refractivity contribution in [2.75, 3.05) is 13.2 Å². The van der Waals surface area contributed by atoms with E-state index in [1.165, 1.54) is 244 Å². The van der Waals surface area contributed by atoms with Gasteiger partial charge in [-0.25, -0.2) is 0 Å². The van der Waals surface area contributed by atoms with Gasteiger partial charge in [0.05, 0.1) is 6.61 Å². The monoisotopic (exact) mass is 887 g/mol. The van der Waals surface area contributed by atoms with Crippen LogP contribution in [0.15, 0.2) is 24.3 Å². The van der Waals surface area contributed by atoms with E-state index in [0.29, 0.717) is 12.8 Å². The third-order valence-electron chi connectivity index (χ3n) is 13.0. The summed E-state index contributed by atoms with van der Waals surface area (Å²) >= 11 is 0. The summed E-state index contributed by atoms with van der Waals surface area (Å²) in [6, 6.07) is 0. The lowest BCUT2D eigenvalue weighted by atomic mass is 10.0. The smallest absolute Gasteiger partial charge is 0.306 e. The minimum atomic E-state index is -0.770. The molecule has 63 heavy (non-hydrogen) atoms. The van der Waals surface area contributed by atoms with Crippen LogP contribution in [-0.4, -0.2) is 36.4 Å². The highest BCUT2D eigenvalue weighted by Crippen LogP contribution is 2.17. The van der Waals surface area contributed by atoms with Crippen LogP contribution in [0.2, 0.25) is 0 Å². The molecule has 372 valence electrons. The van der Waals surface area contributed by atoms with Crippen molar-refractivity contribution in [2.45, 2.75) is 322 Å². The summed E-state index contributed by atoms with van der Waals surface area (Å²) in [5.74, 6) is -0.587. The summed E-state index contributed by atoms with van der Waals surface area (Å²) in [6.45, 7) is 4.14. The van der Waals surface area contributed by atoms with Gasteiger partial charge >= 0.3 is 11.9 Å². The number of hydrogen-bond acceptors (Lipinski definition) is 5. The summed E-state index contributed by atoms with van der Waals surface area (Å²) < 4.78 is 10.7. The quantitative estimate of drug-likeness (QED) is 0.0374. The van der Waals surface area contributed by atoms with Crippen molar-refractivity contribution in [1.82, 2.24) is 0 Å². The predicted octanol–water partition coefficient (Wildman–Crippen LogP) is 18.9. The highest BCUT2D eigenvalue weighted by molar-refractivity contribution is 5.70. The maximum Gasteiger partial charge on any atom is 0.306 e. The second kappa shape index (κ2) is 54.7. The number of aliphatic hydroxyl groups excluding tert-OH is 1. The Kier molecular flexibility index (Phi) is 53.3. The second-order valence-corrected chi connectivity index (χ2v) is 19.4. The Morgan fingerprint density at radius 3 is 0.889 bits per heavy atom. The molecule has 1 N–H and O–H groups in total. The van der Waals surface area contributed by atoms with Crippen LogP contribution in [0.4, 0.5) is 0 Å². The number of hydrogen-bond donors (Lipinski definition) is 1. The molecule has 0 aromatic rings. The van der Waals surface area contributed by atoms with E-state index in [-0.39, 0.29) is 25.2 Å². The zero-order valence-electron chi connectivity index (χ0n) is 42.6. The Hall–Kier alpha value is -1.62. The summed E-state index contributed by atoms with van der Waals surface area (Å²) in [5, 5.41) is 9.61. The van der Waals surface area contributed by atoms with Gasteiger partial charge < -0.3 is 14.6 Å². The van der Waals surface area contributed by atoms with Crippen LogP contribution in [0.5, 0.6) is 0 Å². The van der Waals surface area contributed by atoms with Crippen LogP contribution < -0.4 is 0 Å². The topological polar surface area (TPSA) is 72.8 Å². The Balaban J connectivity index is 3.35. The van der Waals surface area contributed by atoms with Gasteiger partial charge in [0, 0.05) is 12.8 Å². The van der Waals surface area contributed by atoms with Gasteiger partial charge in [0.25, 0.3) is 0 Å². The number of rotatable bonds is 53. The molecule has 1 atom stereocenters. The first-order valence-electron chi connectivity index (χ1n) is 28.4. The fourth-order valence-electron chi connectivity index (χ4n) is 8.67. The third-order valence-corrected chi connectivity index (χ3v) is 13.0. The number of unbranched alkanes of at least 4 members (excludes halogenated alkanes) is 41. The van der Waals surface area contributed by atoms with Crippen molar-refractivity contribution in [3.8, 4) is 0 Å². The molecule has 0 saturated heterocycles. The molecule has 0 radical (unpaired) electrons. The molecule has 5 heteroatoms. The lowest BCUT2D eigenvalue weighted by molar-refractivity contribution is -0.161. The summed E-state index contributed by atoms with van der Waals surface area (Å²) in [4.78, 5) is 24.4. The number of allylic oxidation sites excluding steroid dienone is 4. The molecule has 0 heterocycles. The van der Waals surface area contributed by atoms with E-state index in [4.69, 9.17) is 9.47 Å². The molecular formula is C58H110O5. The Morgan fingerprint density at radius 2 is 0.587 bits per heavy atom. The molecule has 0 aromatic carbocycles. The van der Waals surface area contributed by atoms with Gasteiger partial charge in [-0.15, -0.1) is 0 Å². The molecule has 0 aliphatic heterocycles. The van der Waals surface area contributed by atoms with Crippen molar-refractivity contribution < 1.29 is 24.2 Å². The molecular weight excluding hydrogens is 777 g/mol. The summed E-state index contributed by atoms with van der Waals surface area (Å²) in [7, 11) is 0. The molecule has 5 nitrogen and oxygen atoms in total. The minimum absolute atomic E-state index is 0.0650. The molecule has 0 bridgehead atoms. The van der Waals surface area contributed by atoms with Gasteiger partial charge in [-0.05, 0) is 64.2 Å². The van der Waals surface area contributed by atoms with Crippen LogP contribution >= 0.6 is 0 Å². The van der Waals surface area contributed by atoms with Crippen molar-refractivity contribution in [3.63, 3.8) is 0 Å². The van der Waals surface area contributed by atoms with Gasteiger partial charge in [-0.2, -0.15) is 0 Å². The molecule has 1 unspecified atom stereocenters. The molecule has 0 aliphatic carbocycles. The van der Waals surface area contributed by atoms with Crippen LogP contribution in [-0.2, 0) is 19.1 Å². The number of aliphatic hydroxyl groups is 1. The minimum Gasteiger partial charge on any atom is -0.462 e. The molecule has 0 saturated carbocycles. The van der Waals surface area contributed by atoms with Crippen LogP contribution in [0.1, 0.15) is 316 Å². The largest absolute Gasteiger partial charge is 0.462 e. The SMILES string of the molecule is CCCCC/C=C\CCCCCCCC(=O)OCC(CO)OC(=O)CCCCCCCCCCCCCCCCCCCCCCCCCCC/C=C\CCCCCCCCCC.